The van der Waals surface area contributed by atoms with E-state index in [1.54, 1.807) is 0 Å². The van der Waals surface area contributed by atoms with Gasteiger partial charge >= 0.3 is 0 Å². The molecule has 0 rings (SSSR count). The number of hydrogen-bond acceptors (Lipinski definition) is 1. The molecule has 0 aliphatic heterocycles. The Morgan fingerprint density at radius 1 is 0.875 bits per heavy atom. The molecule has 0 aromatic heterocycles. The normalized spacial score (nSPS) is 15.1. The predicted octanol–water partition coefficient (Wildman–Crippen LogP) is 4.42. The molecule has 1 nitrogen and oxygen atoms in total. The van der Waals surface area contributed by atoms with Gasteiger partial charge in [0.05, 0.1) is 0 Å². The Bertz CT molecular complexity index is 327. The van der Waals surface area contributed by atoms with E-state index in [2.05, 4.69) is 55.0 Å². The van der Waals surface area contributed by atoms with E-state index in [4.69, 9.17) is 5.73 Å². The first-order chi connectivity index (χ1) is 7.20. The molecule has 0 aromatic rings. The first kappa shape index (κ1) is 15.0. The quantitative estimate of drug-likeness (QED) is 0.699. The lowest BCUT2D eigenvalue weighted by atomic mass is 9.88. The zero-order chi connectivity index (χ0) is 13.0. The maximum Gasteiger partial charge on any atom is 0.0278 e. The standard InChI is InChI=1S/C15H27N/c1-9(2)11(5)12(6)13(7)15(10(3)4)14(8)16/h9-10H,8,16H2,1-7H3/b12-11+,15-13-. The molecular weight excluding hydrogens is 194 g/mol. The van der Waals surface area contributed by atoms with Gasteiger partial charge in [0.15, 0.2) is 0 Å². The maximum atomic E-state index is 5.88. The first-order valence-corrected chi connectivity index (χ1v) is 6.03. The van der Waals surface area contributed by atoms with Crippen LogP contribution in [0.3, 0.4) is 0 Å². The van der Waals surface area contributed by atoms with Crippen LogP contribution in [0.4, 0.5) is 0 Å². The van der Waals surface area contributed by atoms with Crippen LogP contribution in [-0.4, -0.2) is 0 Å². The molecule has 0 fully saturated rings. The lowest BCUT2D eigenvalue weighted by Gasteiger charge is -2.19. The van der Waals surface area contributed by atoms with Gasteiger partial charge in [-0.2, -0.15) is 0 Å². The third-order valence-electron chi connectivity index (χ3n) is 3.35. The summed E-state index contributed by atoms with van der Waals surface area (Å²) in [7, 11) is 0. The Labute approximate surface area is 101 Å². The van der Waals surface area contributed by atoms with E-state index in [-0.39, 0.29) is 0 Å². The first-order valence-electron chi connectivity index (χ1n) is 6.03. The van der Waals surface area contributed by atoms with Crippen molar-refractivity contribution in [3.63, 3.8) is 0 Å². The van der Waals surface area contributed by atoms with Crippen LogP contribution in [0.2, 0.25) is 0 Å². The van der Waals surface area contributed by atoms with Gasteiger partial charge in [0.25, 0.3) is 0 Å². The summed E-state index contributed by atoms with van der Waals surface area (Å²) in [6.07, 6.45) is 0. The minimum absolute atomic E-state index is 0.424. The van der Waals surface area contributed by atoms with Gasteiger partial charge in [-0.3, -0.25) is 0 Å². The van der Waals surface area contributed by atoms with Crippen LogP contribution < -0.4 is 5.73 Å². The van der Waals surface area contributed by atoms with Gasteiger partial charge in [0, 0.05) is 5.70 Å². The van der Waals surface area contributed by atoms with E-state index in [1.807, 2.05) is 0 Å². The second-order valence-electron chi connectivity index (χ2n) is 5.18. The van der Waals surface area contributed by atoms with Gasteiger partial charge in [-0.1, -0.05) is 39.8 Å². The summed E-state index contributed by atoms with van der Waals surface area (Å²) in [4.78, 5) is 0. The summed E-state index contributed by atoms with van der Waals surface area (Å²) >= 11 is 0. The van der Waals surface area contributed by atoms with E-state index >= 15 is 0 Å². The number of allylic oxidation sites excluding steroid dienone is 4. The van der Waals surface area contributed by atoms with Crippen LogP contribution in [0.5, 0.6) is 0 Å². The Morgan fingerprint density at radius 2 is 1.31 bits per heavy atom. The highest BCUT2D eigenvalue weighted by atomic mass is 14.6. The zero-order valence-corrected chi connectivity index (χ0v) is 11.9. The van der Waals surface area contributed by atoms with Gasteiger partial charge in [0.2, 0.25) is 0 Å². The van der Waals surface area contributed by atoms with Crippen molar-refractivity contribution in [1.82, 2.24) is 0 Å². The average molecular weight is 221 g/mol. The Morgan fingerprint density at radius 3 is 1.56 bits per heavy atom. The van der Waals surface area contributed by atoms with Crippen molar-refractivity contribution in [2.45, 2.75) is 48.5 Å². The molecule has 2 N–H and O–H groups in total. The van der Waals surface area contributed by atoms with E-state index in [9.17, 15) is 0 Å². The van der Waals surface area contributed by atoms with E-state index in [0.717, 1.165) is 0 Å². The molecule has 0 saturated carbocycles. The van der Waals surface area contributed by atoms with Crippen molar-refractivity contribution in [3.05, 3.63) is 34.6 Å². The van der Waals surface area contributed by atoms with Crippen molar-refractivity contribution in [3.8, 4) is 0 Å². The van der Waals surface area contributed by atoms with Crippen LogP contribution in [0.1, 0.15) is 48.5 Å². The van der Waals surface area contributed by atoms with Crippen molar-refractivity contribution in [2.75, 3.05) is 0 Å². The number of rotatable bonds is 4. The van der Waals surface area contributed by atoms with E-state index in [0.29, 0.717) is 17.5 Å². The van der Waals surface area contributed by atoms with Gasteiger partial charge in [-0.25, -0.2) is 0 Å². The third kappa shape index (κ3) is 3.55. The van der Waals surface area contributed by atoms with Gasteiger partial charge in [0.1, 0.15) is 0 Å². The molecule has 0 heterocycles. The summed E-state index contributed by atoms with van der Waals surface area (Å²) in [5.74, 6) is 1.00. The van der Waals surface area contributed by atoms with Crippen molar-refractivity contribution < 1.29 is 0 Å². The fraction of sp³-hybridized carbons (Fsp3) is 0.600. The molecule has 0 unspecified atom stereocenters. The highest BCUT2D eigenvalue weighted by molar-refractivity contribution is 5.43. The zero-order valence-electron chi connectivity index (χ0n) is 11.9. The summed E-state index contributed by atoms with van der Waals surface area (Å²) in [6, 6.07) is 0. The van der Waals surface area contributed by atoms with Gasteiger partial charge in [-0.05, 0) is 49.3 Å². The van der Waals surface area contributed by atoms with Crippen LogP contribution in [0.15, 0.2) is 34.6 Å². The van der Waals surface area contributed by atoms with Gasteiger partial charge < -0.3 is 5.73 Å². The largest absolute Gasteiger partial charge is 0.399 e. The molecule has 0 amide bonds. The van der Waals surface area contributed by atoms with Crippen LogP contribution in [0.25, 0.3) is 0 Å². The second-order valence-corrected chi connectivity index (χ2v) is 5.18. The highest BCUT2D eigenvalue weighted by Crippen LogP contribution is 2.27. The molecule has 0 spiro atoms. The molecule has 1 heteroatoms. The summed E-state index contributed by atoms with van der Waals surface area (Å²) in [6.45, 7) is 19.2. The van der Waals surface area contributed by atoms with Crippen LogP contribution in [-0.2, 0) is 0 Å². The lowest BCUT2D eigenvalue weighted by molar-refractivity contribution is 0.744. The summed E-state index contributed by atoms with van der Waals surface area (Å²) < 4.78 is 0. The molecule has 0 bridgehead atoms. The van der Waals surface area contributed by atoms with Crippen molar-refractivity contribution in [1.29, 1.82) is 0 Å². The predicted molar refractivity (Wildman–Crippen MR) is 74.1 cm³/mol. The Kier molecular flexibility index (Phi) is 5.57. The average Bonchev–Trinajstić information content (AvgIpc) is 2.13. The summed E-state index contributed by atoms with van der Waals surface area (Å²) in [5, 5.41) is 0. The van der Waals surface area contributed by atoms with E-state index in [1.165, 1.54) is 22.3 Å². The molecule has 0 atom stereocenters. The third-order valence-corrected chi connectivity index (χ3v) is 3.35. The number of hydrogen-bond donors (Lipinski definition) is 1. The SMILES string of the molecule is C=C(N)/C(=C(C)\C(C)=C(/C)C(C)C)C(C)C. The fourth-order valence-corrected chi connectivity index (χ4v) is 1.98. The molecule has 0 saturated heterocycles. The topological polar surface area (TPSA) is 26.0 Å². The number of nitrogens with two attached hydrogens (primary N) is 1. The molecular formula is C15H27N. The molecule has 0 radical (unpaired) electrons. The fourth-order valence-electron chi connectivity index (χ4n) is 1.98. The van der Waals surface area contributed by atoms with Crippen molar-refractivity contribution >= 4 is 0 Å². The smallest absolute Gasteiger partial charge is 0.0278 e. The Hall–Kier alpha value is -0.980. The molecule has 0 aliphatic rings. The second kappa shape index (κ2) is 5.93. The molecule has 16 heavy (non-hydrogen) atoms. The summed E-state index contributed by atoms with van der Waals surface area (Å²) in [5.41, 5.74) is 11.8. The monoisotopic (exact) mass is 221 g/mol. The Balaban J connectivity index is 5.60. The van der Waals surface area contributed by atoms with E-state index < -0.39 is 0 Å². The minimum Gasteiger partial charge on any atom is -0.399 e. The molecule has 0 aliphatic carbocycles. The van der Waals surface area contributed by atoms with Crippen LogP contribution in [0, 0.1) is 11.8 Å². The van der Waals surface area contributed by atoms with Gasteiger partial charge in [-0.15, -0.1) is 0 Å². The van der Waals surface area contributed by atoms with Crippen LogP contribution >= 0.6 is 0 Å². The highest BCUT2D eigenvalue weighted by Gasteiger charge is 2.12. The van der Waals surface area contributed by atoms with Crippen molar-refractivity contribution in [2.24, 2.45) is 17.6 Å². The maximum absolute atomic E-state index is 5.88. The minimum atomic E-state index is 0.424. The molecule has 0 aromatic carbocycles. The lowest BCUT2D eigenvalue weighted by Crippen LogP contribution is -2.09. The molecule has 92 valence electrons.